The molecule has 0 aliphatic heterocycles. The van der Waals surface area contributed by atoms with Gasteiger partial charge in [-0.05, 0) is 44.4 Å². The number of para-hydroxylation sites is 1. The van der Waals surface area contributed by atoms with Crippen LogP contribution in [0.3, 0.4) is 0 Å². The van der Waals surface area contributed by atoms with Crippen molar-refractivity contribution in [2.24, 2.45) is 0 Å². The molecule has 3 aromatic rings. The summed E-state index contributed by atoms with van der Waals surface area (Å²) >= 11 is 0. The maximum Gasteiger partial charge on any atom is 0.138 e. The van der Waals surface area contributed by atoms with E-state index in [1.165, 1.54) is 23.8 Å². The Morgan fingerprint density at radius 3 is 2.88 bits per heavy atom. The van der Waals surface area contributed by atoms with E-state index in [4.69, 9.17) is 9.15 Å². The van der Waals surface area contributed by atoms with Crippen LogP contribution in [0.15, 0.2) is 46.9 Å². The molecule has 136 valence electrons. The molecule has 0 spiro atoms. The first kappa shape index (κ1) is 17.0. The zero-order valence-corrected chi connectivity index (χ0v) is 15.1. The van der Waals surface area contributed by atoms with E-state index in [1.807, 2.05) is 36.4 Å². The van der Waals surface area contributed by atoms with E-state index < -0.39 is 6.10 Å². The lowest BCUT2D eigenvalue weighted by atomic mass is 9.96. The van der Waals surface area contributed by atoms with Gasteiger partial charge in [-0.15, -0.1) is 0 Å². The molecule has 1 aliphatic carbocycles. The second-order valence-corrected chi connectivity index (χ2v) is 6.91. The van der Waals surface area contributed by atoms with Crippen LogP contribution >= 0.6 is 0 Å². The van der Waals surface area contributed by atoms with Crippen molar-refractivity contribution in [3.63, 3.8) is 0 Å². The van der Waals surface area contributed by atoms with Crippen molar-refractivity contribution in [2.45, 2.75) is 38.7 Å². The van der Waals surface area contributed by atoms with Crippen molar-refractivity contribution in [1.82, 2.24) is 0 Å². The minimum Gasteiger partial charge on any atom is -0.492 e. The molecular formula is C22H25NO3. The Hall–Kier alpha value is -2.46. The van der Waals surface area contributed by atoms with Gasteiger partial charge in [0.2, 0.25) is 0 Å². The first-order valence-electron chi connectivity index (χ1n) is 9.40. The van der Waals surface area contributed by atoms with Crippen molar-refractivity contribution in [3.05, 3.63) is 59.4 Å². The minimum absolute atomic E-state index is 0.494. The highest BCUT2D eigenvalue weighted by molar-refractivity contribution is 5.83. The van der Waals surface area contributed by atoms with Crippen LogP contribution in [0.25, 0.3) is 11.0 Å². The molecule has 0 saturated carbocycles. The molecule has 0 bridgehead atoms. The second-order valence-electron chi connectivity index (χ2n) is 6.91. The van der Waals surface area contributed by atoms with Gasteiger partial charge in [-0.3, -0.25) is 0 Å². The van der Waals surface area contributed by atoms with Crippen molar-refractivity contribution in [1.29, 1.82) is 0 Å². The number of nitrogens with one attached hydrogen (secondary N) is 1. The third kappa shape index (κ3) is 3.42. The molecule has 26 heavy (non-hydrogen) atoms. The molecule has 1 atom stereocenters. The van der Waals surface area contributed by atoms with E-state index in [-0.39, 0.29) is 0 Å². The van der Waals surface area contributed by atoms with E-state index in [0.717, 1.165) is 41.2 Å². The third-order valence-corrected chi connectivity index (χ3v) is 5.03. The van der Waals surface area contributed by atoms with Gasteiger partial charge < -0.3 is 19.6 Å². The third-order valence-electron chi connectivity index (χ3n) is 5.03. The lowest BCUT2D eigenvalue weighted by molar-refractivity contribution is 0.200. The number of furan rings is 1. The first-order valence-corrected chi connectivity index (χ1v) is 9.40. The van der Waals surface area contributed by atoms with E-state index >= 15 is 0 Å². The van der Waals surface area contributed by atoms with Crippen LogP contribution in [0.1, 0.15) is 42.8 Å². The quantitative estimate of drug-likeness (QED) is 0.623. The Morgan fingerprint density at radius 1 is 1.15 bits per heavy atom. The Balaban J connectivity index is 1.38. The predicted molar refractivity (Wildman–Crippen MR) is 104 cm³/mol. The molecule has 0 saturated heterocycles. The Bertz CT molecular complexity index is 898. The number of hydrogen-bond acceptors (Lipinski definition) is 4. The number of aliphatic hydroxyl groups excluding tert-OH is 1. The summed E-state index contributed by atoms with van der Waals surface area (Å²) < 4.78 is 11.9. The SMILES string of the molecule is CC(O)c1ccccc1NCCOc1ccc2c3c(oc2c1)CCCC3. The summed E-state index contributed by atoms with van der Waals surface area (Å²) in [5, 5.41) is 14.4. The monoisotopic (exact) mass is 351 g/mol. The maximum absolute atomic E-state index is 9.83. The first-order chi connectivity index (χ1) is 12.7. The molecular weight excluding hydrogens is 326 g/mol. The fourth-order valence-corrected chi connectivity index (χ4v) is 3.71. The van der Waals surface area contributed by atoms with Crippen LogP contribution in [0.5, 0.6) is 5.75 Å². The second kappa shape index (κ2) is 7.42. The van der Waals surface area contributed by atoms with Crippen molar-refractivity contribution >= 4 is 16.7 Å². The highest BCUT2D eigenvalue weighted by Gasteiger charge is 2.17. The molecule has 1 aliphatic rings. The number of fused-ring (bicyclic) bond motifs is 3. The summed E-state index contributed by atoms with van der Waals surface area (Å²) in [6.07, 6.45) is 4.14. The lowest BCUT2D eigenvalue weighted by Gasteiger charge is -2.14. The Kier molecular flexibility index (Phi) is 4.85. The number of rotatable bonds is 6. The maximum atomic E-state index is 9.83. The molecule has 0 amide bonds. The number of hydrogen-bond donors (Lipinski definition) is 2. The molecule has 2 N–H and O–H groups in total. The van der Waals surface area contributed by atoms with E-state index in [1.54, 1.807) is 6.92 Å². The zero-order chi connectivity index (χ0) is 17.9. The Labute approximate surface area is 153 Å². The van der Waals surface area contributed by atoms with Gasteiger partial charge in [-0.1, -0.05) is 18.2 Å². The fraction of sp³-hybridized carbons (Fsp3) is 0.364. The largest absolute Gasteiger partial charge is 0.492 e. The van der Waals surface area contributed by atoms with Gasteiger partial charge >= 0.3 is 0 Å². The zero-order valence-electron chi connectivity index (χ0n) is 15.1. The number of anilines is 1. The van der Waals surface area contributed by atoms with Crippen LogP contribution in [0, 0.1) is 0 Å². The van der Waals surface area contributed by atoms with Crippen LogP contribution in [0.2, 0.25) is 0 Å². The van der Waals surface area contributed by atoms with Crippen LogP contribution in [-0.4, -0.2) is 18.3 Å². The van der Waals surface area contributed by atoms with E-state index in [9.17, 15) is 5.11 Å². The molecule has 1 heterocycles. The van der Waals surface area contributed by atoms with E-state index in [0.29, 0.717) is 13.2 Å². The molecule has 0 radical (unpaired) electrons. The number of aryl methyl sites for hydroxylation is 2. The molecule has 4 heteroatoms. The summed E-state index contributed by atoms with van der Waals surface area (Å²) in [4.78, 5) is 0. The lowest BCUT2D eigenvalue weighted by Crippen LogP contribution is -2.13. The standard InChI is InChI=1S/C22H25NO3/c1-15(24)17-6-2-4-8-20(17)23-12-13-25-16-10-11-19-18-7-3-5-9-21(18)26-22(19)14-16/h2,4,6,8,10-11,14-15,23-24H,3,5,7,9,12-13H2,1H3. The highest BCUT2D eigenvalue weighted by Crippen LogP contribution is 2.33. The van der Waals surface area contributed by atoms with Gasteiger partial charge in [0.15, 0.2) is 0 Å². The molecule has 4 nitrogen and oxygen atoms in total. The molecule has 1 aromatic heterocycles. The smallest absolute Gasteiger partial charge is 0.138 e. The van der Waals surface area contributed by atoms with E-state index in [2.05, 4.69) is 11.4 Å². The van der Waals surface area contributed by atoms with Crippen molar-refractivity contribution < 1.29 is 14.3 Å². The fourth-order valence-electron chi connectivity index (χ4n) is 3.71. The molecule has 2 aromatic carbocycles. The van der Waals surface area contributed by atoms with Gasteiger partial charge in [0.05, 0.1) is 6.10 Å². The van der Waals surface area contributed by atoms with Gasteiger partial charge in [0.25, 0.3) is 0 Å². The highest BCUT2D eigenvalue weighted by atomic mass is 16.5. The number of benzene rings is 2. The van der Waals surface area contributed by atoms with Crippen molar-refractivity contribution in [3.8, 4) is 5.75 Å². The van der Waals surface area contributed by atoms with Gasteiger partial charge in [0.1, 0.15) is 23.7 Å². The molecule has 0 fully saturated rings. The topological polar surface area (TPSA) is 54.6 Å². The average Bonchev–Trinajstić information content (AvgIpc) is 3.03. The summed E-state index contributed by atoms with van der Waals surface area (Å²) in [5.41, 5.74) is 4.16. The number of aliphatic hydroxyl groups is 1. The summed E-state index contributed by atoms with van der Waals surface area (Å²) in [6, 6.07) is 13.9. The van der Waals surface area contributed by atoms with Gasteiger partial charge in [-0.25, -0.2) is 0 Å². The summed E-state index contributed by atoms with van der Waals surface area (Å²) in [6.45, 7) is 2.98. The average molecular weight is 351 g/mol. The predicted octanol–water partition coefficient (Wildman–Crippen LogP) is 4.86. The van der Waals surface area contributed by atoms with Gasteiger partial charge in [-0.2, -0.15) is 0 Å². The van der Waals surface area contributed by atoms with Gasteiger partial charge in [0, 0.05) is 41.2 Å². The number of ether oxygens (including phenoxy) is 1. The molecule has 1 unspecified atom stereocenters. The summed E-state index contributed by atoms with van der Waals surface area (Å²) in [7, 11) is 0. The normalized spacial score (nSPS) is 14.8. The summed E-state index contributed by atoms with van der Waals surface area (Å²) in [5.74, 6) is 1.98. The van der Waals surface area contributed by atoms with Crippen molar-refractivity contribution in [2.75, 3.05) is 18.5 Å². The van der Waals surface area contributed by atoms with Crippen LogP contribution in [-0.2, 0) is 12.8 Å². The Morgan fingerprint density at radius 2 is 2.00 bits per heavy atom. The van der Waals surface area contributed by atoms with Crippen LogP contribution in [0.4, 0.5) is 5.69 Å². The molecule has 4 rings (SSSR count). The minimum atomic E-state index is -0.494. The van der Waals surface area contributed by atoms with Crippen LogP contribution < -0.4 is 10.1 Å².